The number of thioether (sulfide) groups is 1. The van der Waals surface area contributed by atoms with Crippen LogP contribution in [0.5, 0.6) is 0 Å². The molecule has 2 heterocycles. The van der Waals surface area contributed by atoms with E-state index in [9.17, 15) is 4.79 Å². The zero-order valence-electron chi connectivity index (χ0n) is 15.5. The van der Waals surface area contributed by atoms with Gasteiger partial charge in [0.25, 0.3) is 11.1 Å². The number of nitrogens with one attached hydrogen (secondary N) is 1. The third kappa shape index (κ3) is 4.90. The summed E-state index contributed by atoms with van der Waals surface area (Å²) < 4.78 is 10.9. The highest BCUT2D eigenvalue weighted by molar-refractivity contribution is 8.00. The Balaban J connectivity index is 1.37. The van der Waals surface area contributed by atoms with Crippen LogP contribution in [0, 0.1) is 6.92 Å². The fourth-order valence-corrected chi connectivity index (χ4v) is 4.06. The van der Waals surface area contributed by atoms with Gasteiger partial charge in [-0.15, -0.1) is 10.2 Å². The third-order valence-corrected chi connectivity index (χ3v) is 5.86. The highest BCUT2D eigenvalue weighted by Crippen LogP contribution is 2.33. The van der Waals surface area contributed by atoms with E-state index >= 15 is 0 Å². The molecule has 0 atom stereocenters. The monoisotopic (exact) mass is 423 g/mol. The summed E-state index contributed by atoms with van der Waals surface area (Å²) in [5, 5.41) is 11.3. The lowest BCUT2D eigenvalue weighted by Crippen LogP contribution is -2.14. The van der Waals surface area contributed by atoms with Crippen molar-refractivity contribution < 1.29 is 13.6 Å². The lowest BCUT2D eigenvalue weighted by Gasteiger charge is -2.10. The van der Waals surface area contributed by atoms with Crippen molar-refractivity contribution in [1.82, 2.24) is 10.2 Å². The summed E-state index contributed by atoms with van der Waals surface area (Å²) in [5.41, 5.74) is 1.52. The Hall–Kier alpha value is -2.97. The Bertz CT molecular complexity index is 1110. The molecule has 0 bridgehead atoms. The van der Waals surface area contributed by atoms with Crippen molar-refractivity contribution in [2.24, 2.45) is 0 Å². The molecule has 0 fully saturated rings. The Morgan fingerprint density at radius 2 is 1.83 bits per heavy atom. The van der Waals surface area contributed by atoms with Crippen molar-refractivity contribution in [3.63, 3.8) is 0 Å². The number of hydrogen-bond donors (Lipinski definition) is 1. The molecule has 0 aliphatic rings. The quantitative estimate of drug-likeness (QED) is 0.392. The number of amides is 1. The van der Waals surface area contributed by atoms with Crippen molar-refractivity contribution in [2.75, 3.05) is 11.1 Å². The average molecular weight is 424 g/mol. The predicted molar refractivity (Wildman–Crippen MR) is 113 cm³/mol. The zero-order chi connectivity index (χ0) is 20.1. The van der Waals surface area contributed by atoms with Crippen LogP contribution >= 0.6 is 23.5 Å². The second-order valence-corrected chi connectivity index (χ2v) is 8.05. The molecule has 2 aromatic carbocycles. The maximum atomic E-state index is 12.4. The molecule has 0 aliphatic heterocycles. The molecule has 2 aromatic heterocycles. The van der Waals surface area contributed by atoms with E-state index in [1.165, 1.54) is 11.8 Å². The van der Waals surface area contributed by atoms with Gasteiger partial charge in [0.05, 0.1) is 23.3 Å². The summed E-state index contributed by atoms with van der Waals surface area (Å²) in [7, 11) is 0. The van der Waals surface area contributed by atoms with Gasteiger partial charge in [-0.2, -0.15) is 0 Å². The molecule has 4 rings (SSSR count). The molecule has 0 saturated heterocycles. The lowest BCUT2D eigenvalue weighted by molar-refractivity contribution is -0.113. The Labute approximate surface area is 176 Å². The van der Waals surface area contributed by atoms with Crippen LogP contribution in [-0.4, -0.2) is 21.9 Å². The SMILES string of the molecule is Cc1occc1-c1nnc(SCC(=O)Nc2ccccc2Sc2ccccc2)o1. The molecule has 4 aromatic rings. The first-order valence-corrected chi connectivity index (χ1v) is 10.6. The highest BCUT2D eigenvalue weighted by atomic mass is 32.2. The fourth-order valence-electron chi connectivity index (χ4n) is 2.57. The zero-order valence-corrected chi connectivity index (χ0v) is 17.1. The molecule has 0 aliphatic carbocycles. The van der Waals surface area contributed by atoms with E-state index in [1.54, 1.807) is 24.1 Å². The van der Waals surface area contributed by atoms with Crippen molar-refractivity contribution in [3.8, 4) is 11.5 Å². The third-order valence-electron chi connectivity index (χ3n) is 3.95. The Kier molecular flexibility index (Phi) is 6.02. The summed E-state index contributed by atoms with van der Waals surface area (Å²) in [5.74, 6) is 1.10. The average Bonchev–Trinajstić information content (AvgIpc) is 3.37. The number of carbonyl (C=O) groups excluding carboxylic acids is 1. The molecule has 1 N–H and O–H groups in total. The largest absolute Gasteiger partial charge is 0.469 e. The van der Waals surface area contributed by atoms with Crippen LogP contribution in [0.15, 0.2) is 90.8 Å². The van der Waals surface area contributed by atoms with Crippen LogP contribution in [0.2, 0.25) is 0 Å². The number of anilines is 1. The van der Waals surface area contributed by atoms with Gasteiger partial charge in [0, 0.05) is 9.79 Å². The highest BCUT2D eigenvalue weighted by Gasteiger charge is 2.15. The summed E-state index contributed by atoms with van der Waals surface area (Å²) >= 11 is 2.79. The number of benzene rings is 2. The summed E-state index contributed by atoms with van der Waals surface area (Å²) in [4.78, 5) is 14.5. The molecule has 0 radical (unpaired) electrons. The minimum atomic E-state index is -0.143. The van der Waals surface area contributed by atoms with Crippen molar-refractivity contribution in [1.29, 1.82) is 0 Å². The van der Waals surface area contributed by atoms with Crippen molar-refractivity contribution >= 4 is 35.1 Å². The number of carbonyl (C=O) groups is 1. The summed E-state index contributed by atoms with van der Waals surface area (Å²) in [6.45, 7) is 1.82. The number of furan rings is 1. The summed E-state index contributed by atoms with van der Waals surface area (Å²) in [6.07, 6.45) is 1.57. The standard InChI is InChI=1S/C21H17N3O3S2/c1-14-16(11-12-26-14)20-23-24-21(27-20)28-13-19(25)22-17-9-5-6-10-18(17)29-15-7-3-2-4-8-15/h2-12H,13H2,1H3,(H,22,25). The summed E-state index contributed by atoms with van der Waals surface area (Å²) in [6, 6.07) is 19.5. The van der Waals surface area contributed by atoms with Crippen LogP contribution in [-0.2, 0) is 4.79 Å². The maximum Gasteiger partial charge on any atom is 0.277 e. The van der Waals surface area contributed by atoms with Gasteiger partial charge in [-0.25, -0.2) is 0 Å². The molecule has 0 spiro atoms. The van der Waals surface area contributed by atoms with Crippen LogP contribution in [0.25, 0.3) is 11.5 Å². The number of rotatable bonds is 7. The molecule has 6 nitrogen and oxygen atoms in total. The first-order valence-electron chi connectivity index (χ1n) is 8.81. The molecule has 1 amide bonds. The molecular formula is C21H17N3O3S2. The number of para-hydroxylation sites is 1. The van der Waals surface area contributed by atoms with Crippen LogP contribution in [0.3, 0.4) is 0 Å². The van der Waals surface area contributed by atoms with E-state index in [1.807, 2.05) is 61.5 Å². The van der Waals surface area contributed by atoms with Gasteiger partial charge in [0.1, 0.15) is 5.76 Å². The molecular weight excluding hydrogens is 406 g/mol. The number of hydrogen-bond acceptors (Lipinski definition) is 7. The van der Waals surface area contributed by atoms with Crippen LogP contribution in [0.1, 0.15) is 5.76 Å². The van der Waals surface area contributed by atoms with Gasteiger partial charge in [-0.05, 0) is 37.3 Å². The van der Waals surface area contributed by atoms with Gasteiger partial charge in [-0.1, -0.05) is 53.9 Å². The number of aromatic nitrogens is 2. The van der Waals surface area contributed by atoms with Crippen molar-refractivity contribution in [2.45, 2.75) is 21.9 Å². The van der Waals surface area contributed by atoms with E-state index in [0.29, 0.717) is 16.9 Å². The molecule has 0 unspecified atom stereocenters. The van der Waals surface area contributed by atoms with Crippen LogP contribution < -0.4 is 5.32 Å². The first-order chi connectivity index (χ1) is 14.2. The Morgan fingerprint density at radius 3 is 2.62 bits per heavy atom. The van der Waals surface area contributed by atoms with Gasteiger partial charge in [0.2, 0.25) is 5.91 Å². The van der Waals surface area contributed by atoms with E-state index in [2.05, 4.69) is 15.5 Å². The minimum Gasteiger partial charge on any atom is -0.469 e. The van der Waals surface area contributed by atoms with Gasteiger partial charge >= 0.3 is 0 Å². The van der Waals surface area contributed by atoms with Gasteiger partial charge < -0.3 is 14.2 Å². The number of aryl methyl sites for hydroxylation is 1. The molecule has 146 valence electrons. The van der Waals surface area contributed by atoms with E-state index < -0.39 is 0 Å². The molecule has 29 heavy (non-hydrogen) atoms. The predicted octanol–water partition coefficient (Wildman–Crippen LogP) is 5.52. The molecule has 0 saturated carbocycles. The van der Waals surface area contributed by atoms with Gasteiger partial charge in [-0.3, -0.25) is 4.79 Å². The van der Waals surface area contributed by atoms with E-state index in [0.717, 1.165) is 21.0 Å². The Morgan fingerprint density at radius 1 is 1.03 bits per heavy atom. The smallest absolute Gasteiger partial charge is 0.277 e. The topological polar surface area (TPSA) is 81.2 Å². The fraction of sp³-hybridized carbons (Fsp3) is 0.0952. The van der Waals surface area contributed by atoms with Crippen molar-refractivity contribution in [3.05, 3.63) is 72.7 Å². The van der Waals surface area contributed by atoms with Gasteiger partial charge in [0.15, 0.2) is 0 Å². The first kappa shape index (κ1) is 19.4. The second kappa shape index (κ2) is 9.02. The second-order valence-electron chi connectivity index (χ2n) is 6.01. The minimum absolute atomic E-state index is 0.143. The van der Waals surface area contributed by atoms with E-state index in [-0.39, 0.29) is 11.7 Å². The van der Waals surface area contributed by atoms with E-state index in [4.69, 9.17) is 8.83 Å². The lowest BCUT2D eigenvalue weighted by atomic mass is 10.3. The normalized spacial score (nSPS) is 10.8. The maximum absolute atomic E-state index is 12.4. The molecule has 8 heteroatoms. The van der Waals surface area contributed by atoms with Crippen LogP contribution in [0.4, 0.5) is 5.69 Å². The number of nitrogens with zero attached hydrogens (tertiary/aromatic N) is 2.